The molecule has 4 aromatic rings. The molecule has 0 amide bonds. The summed E-state index contributed by atoms with van der Waals surface area (Å²) in [5.41, 5.74) is 3.46. The summed E-state index contributed by atoms with van der Waals surface area (Å²) in [6.07, 6.45) is 1.83. The minimum atomic E-state index is -3.70. The highest BCUT2D eigenvalue weighted by Crippen LogP contribution is 2.31. The third-order valence-electron chi connectivity index (χ3n) is 6.53. The lowest BCUT2D eigenvalue weighted by Gasteiger charge is -2.26. The number of hydrogen-bond donors (Lipinski definition) is 4. The van der Waals surface area contributed by atoms with E-state index in [1.54, 1.807) is 42.6 Å². The molecule has 1 fully saturated rings. The van der Waals surface area contributed by atoms with Gasteiger partial charge < -0.3 is 15.7 Å². The predicted octanol–water partition coefficient (Wildman–Crippen LogP) is 4.75. The largest absolute Gasteiger partial charge is 0.483 e. The second-order valence-electron chi connectivity index (χ2n) is 9.60. The van der Waals surface area contributed by atoms with Gasteiger partial charge in [-0.3, -0.25) is 9.52 Å². The van der Waals surface area contributed by atoms with Crippen molar-refractivity contribution in [3.8, 4) is 11.1 Å². The number of halogens is 2. The number of aromatic nitrogens is 2. The van der Waals surface area contributed by atoms with Crippen molar-refractivity contribution in [2.45, 2.75) is 37.7 Å². The number of aryl methyl sites for hydroxylation is 1. The Labute approximate surface area is 237 Å². The monoisotopic (exact) mass is 583 g/mol. The van der Waals surface area contributed by atoms with E-state index in [-0.39, 0.29) is 24.0 Å². The lowest BCUT2D eigenvalue weighted by molar-refractivity contribution is -0.122. The minimum Gasteiger partial charge on any atom is -0.483 e. The number of fused-ring (bicyclic) bond motifs is 1. The van der Waals surface area contributed by atoms with E-state index < -0.39 is 22.0 Å². The number of nitrogens with one attached hydrogen (secondary N) is 3. The molecule has 0 bridgehead atoms. The Morgan fingerprint density at radius 2 is 1.88 bits per heavy atom. The Morgan fingerprint density at radius 1 is 1.12 bits per heavy atom. The van der Waals surface area contributed by atoms with Crippen molar-refractivity contribution >= 4 is 39.0 Å². The number of hydrogen-bond acceptors (Lipinski definition) is 7. The molecule has 9 nitrogen and oxygen atoms in total. The van der Waals surface area contributed by atoms with Crippen LogP contribution >= 0.6 is 0 Å². The Balaban J connectivity index is 0.00000124. The summed E-state index contributed by atoms with van der Waals surface area (Å²) in [7, 11) is -3.70. The molecule has 0 unspecified atom stereocenters. The van der Waals surface area contributed by atoms with Gasteiger partial charge in [-0.15, -0.1) is 0 Å². The molecule has 2 atom stereocenters. The van der Waals surface area contributed by atoms with E-state index in [1.807, 2.05) is 25.1 Å². The van der Waals surface area contributed by atoms with Crippen molar-refractivity contribution < 1.29 is 27.1 Å². The highest BCUT2D eigenvalue weighted by Gasteiger charge is 2.22. The van der Waals surface area contributed by atoms with Crippen LogP contribution in [0.3, 0.4) is 0 Å². The van der Waals surface area contributed by atoms with Crippen LogP contribution in [0.15, 0.2) is 66.9 Å². The molecule has 41 heavy (non-hydrogen) atoms. The lowest BCUT2D eigenvalue weighted by atomic mass is 9.98. The van der Waals surface area contributed by atoms with Crippen LogP contribution in [0.25, 0.3) is 22.0 Å². The molecule has 1 aliphatic rings. The van der Waals surface area contributed by atoms with Gasteiger partial charge in [-0.1, -0.05) is 37.3 Å². The van der Waals surface area contributed by atoms with Gasteiger partial charge in [-0.05, 0) is 53.4 Å². The fourth-order valence-electron chi connectivity index (χ4n) is 4.72. The maximum atomic E-state index is 15.2. The Morgan fingerprint density at radius 3 is 2.56 bits per heavy atom. The van der Waals surface area contributed by atoms with E-state index in [4.69, 9.17) is 9.90 Å². The molecular formula is C29H31F2N5O4S. The summed E-state index contributed by atoms with van der Waals surface area (Å²) in [6.45, 7) is 2.74. The number of carboxylic acid groups (broad SMARTS) is 1. The zero-order valence-corrected chi connectivity index (χ0v) is 23.2. The molecular weight excluding hydrogens is 552 g/mol. The van der Waals surface area contributed by atoms with Gasteiger partial charge in [0.2, 0.25) is 16.0 Å². The van der Waals surface area contributed by atoms with E-state index in [2.05, 4.69) is 25.3 Å². The number of anilines is 2. The summed E-state index contributed by atoms with van der Waals surface area (Å²) in [5, 5.41) is 13.9. The zero-order chi connectivity index (χ0) is 29.4. The molecule has 4 N–H and O–H groups in total. The normalized spacial score (nSPS) is 16.9. The van der Waals surface area contributed by atoms with Crippen LogP contribution in [0.5, 0.6) is 0 Å². The van der Waals surface area contributed by atoms with E-state index in [1.165, 1.54) is 6.07 Å². The molecule has 0 spiro atoms. The number of rotatable bonds is 8. The number of alkyl halides is 1. The topological polar surface area (TPSA) is 133 Å². The van der Waals surface area contributed by atoms with Crippen LogP contribution in [0, 0.1) is 5.82 Å². The quantitative estimate of drug-likeness (QED) is 0.219. The number of nitrogens with zero attached hydrogens (tertiary/aromatic N) is 2. The maximum Gasteiger partial charge on any atom is 0.290 e. The molecule has 1 aliphatic heterocycles. The van der Waals surface area contributed by atoms with Crippen molar-refractivity contribution in [3.05, 3.63) is 83.8 Å². The number of sulfonamides is 1. The summed E-state index contributed by atoms with van der Waals surface area (Å²) >= 11 is 0. The molecule has 216 valence electrons. The summed E-state index contributed by atoms with van der Waals surface area (Å²) in [5.74, 6) is -0.320. The average molecular weight is 584 g/mol. The molecule has 2 heterocycles. The Hall–Kier alpha value is -4.16. The van der Waals surface area contributed by atoms with Gasteiger partial charge in [0.05, 0.1) is 17.0 Å². The van der Waals surface area contributed by atoms with Crippen molar-refractivity contribution in [3.63, 3.8) is 0 Å². The van der Waals surface area contributed by atoms with Gasteiger partial charge in [-0.2, -0.15) is 0 Å². The molecule has 1 aromatic heterocycles. The number of carbonyl (C=O) groups is 1. The van der Waals surface area contributed by atoms with Crippen LogP contribution in [0.2, 0.25) is 0 Å². The molecule has 1 saturated heterocycles. The fourth-order valence-corrected chi connectivity index (χ4v) is 5.91. The van der Waals surface area contributed by atoms with E-state index >= 15 is 4.39 Å². The first-order valence-electron chi connectivity index (χ1n) is 13.0. The van der Waals surface area contributed by atoms with Crippen molar-refractivity contribution in [2.24, 2.45) is 0 Å². The Bertz CT molecular complexity index is 1610. The van der Waals surface area contributed by atoms with Gasteiger partial charge in [0.25, 0.3) is 6.47 Å². The van der Waals surface area contributed by atoms with Gasteiger partial charge in [-0.25, -0.2) is 27.2 Å². The molecule has 5 rings (SSSR count). The first-order chi connectivity index (χ1) is 19.7. The van der Waals surface area contributed by atoms with Gasteiger partial charge in [0.15, 0.2) is 0 Å². The highest BCUT2D eigenvalue weighted by molar-refractivity contribution is 7.91. The molecule has 3 aromatic carbocycles. The van der Waals surface area contributed by atoms with Gasteiger partial charge in [0.1, 0.15) is 12.0 Å². The molecule has 12 heteroatoms. The number of piperidine rings is 1. The minimum absolute atomic E-state index is 0.0988. The van der Waals surface area contributed by atoms with Gasteiger partial charge >= 0.3 is 0 Å². The van der Waals surface area contributed by atoms with Crippen LogP contribution in [-0.2, 0) is 27.0 Å². The smallest absolute Gasteiger partial charge is 0.290 e. The fraction of sp³-hybridized carbons (Fsp3) is 0.276. The van der Waals surface area contributed by atoms with E-state index in [0.717, 1.165) is 16.5 Å². The second-order valence-corrected chi connectivity index (χ2v) is 11.3. The van der Waals surface area contributed by atoms with Crippen LogP contribution < -0.4 is 15.4 Å². The molecule has 0 saturated carbocycles. The van der Waals surface area contributed by atoms with E-state index in [0.29, 0.717) is 48.6 Å². The molecule has 0 aliphatic carbocycles. The second kappa shape index (κ2) is 13.5. The first-order valence-corrected chi connectivity index (χ1v) is 14.7. The standard InChI is InChI=1S/C28H29F2N5O2S.CH2O2/c1-2-19-10-20(11-21-14-32-28(34-27(19)21)33-24-12-22(29)15-31-16-24)25-9-8-23(13-26(25)30)35-38(36,37)17-18-6-4-3-5-7-18;2-1-3/h3-11,13-14,22,24,31,35H,2,12,15-17H2,1H3,(H,32,33,34);1H,(H,2,3)/t22-,24-;/m0./s1. The van der Waals surface area contributed by atoms with Crippen molar-refractivity contribution in [2.75, 3.05) is 23.1 Å². The van der Waals surface area contributed by atoms with Crippen molar-refractivity contribution in [1.29, 1.82) is 0 Å². The summed E-state index contributed by atoms with van der Waals surface area (Å²) < 4.78 is 56.5. The van der Waals surface area contributed by atoms with Crippen LogP contribution in [0.1, 0.15) is 24.5 Å². The third kappa shape index (κ3) is 7.95. The summed E-state index contributed by atoms with van der Waals surface area (Å²) in [6, 6.07) is 16.7. The maximum absolute atomic E-state index is 15.2. The summed E-state index contributed by atoms with van der Waals surface area (Å²) in [4.78, 5) is 17.4. The molecule has 0 radical (unpaired) electrons. The number of benzene rings is 3. The van der Waals surface area contributed by atoms with E-state index in [9.17, 15) is 12.8 Å². The third-order valence-corrected chi connectivity index (χ3v) is 7.79. The first kappa shape index (κ1) is 29.8. The highest BCUT2D eigenvalue weighted by atomic mass is 32.2. The predicted molar refractivity (Wildman–Crippen MR) is 155 cm³/mol. The van der Waals surface area contributed by atoms with Crippen LogP contribution in [0.4, 0.5) is 20.4 Å². The van der Waals surface area contributed by atoms with Crippen molar-refractivity contribution in [1.82, 2.24) is 15.3 Å². The van der Waals surface area contributed by atoms with Gasteiger partial charge in [0, 0.05) is 42.7 Å². The zero-order valence-electron chi connectivity index (χ0n) is 22.3. The lowest BCUT2D eigenvalue weighted by Crippen LogP contribution is -2.44. The Kier molecular flexibility index (Phi) is 9.79. The SMILES string of the molecule is CCc1cc(-c2ccc(NS(=O)(=O)Cc3ccccc3)cc2F)cc2cnc(N[C@@H]3CNC[C@@H](F)C3)nc12.O=CO. The average Bonchev–Trinajstić information content (AvgIpc) is 2.93. The van der Waals surface area contributed by atoms with Crippen LogP contribution in [-0.4, -0.2) is 55.3 Å².